The van der Waals surface area contributed by atoms with Crippen LogP contribution in [-0.2, 0) is 0 Å². The van der Waals surface area contributed by atoms with E-state index in [4.69, 9.17) is 5.73 Å². The second-order valence-corrected chi connectivity index (χ2v) is 5.28. The van der Waals surface area contributed by atoms with Crippen molar-refractivity contribution >= 4 is 11.6 Å². The van der Waals surface area contributed by atoms with Crippen LogP contribution >= 0.6 is 0 Å². The van der Waals surface area contributed by atoms with Crippen LogP contribution in [-0.4, -0.2) is 15.5 Å². The second-order valence-electron chi connectivity index (χ2n) is 5.28. The largest absolute Gasteiger partial charge is 0.384 e. The maximum atomic E-state index is 5.88. The first-order valence-electron chi connectivity index (χ1n) is 7.05. The molecule has 1 aliphatic rings. The highest BCUT2D eigenvalue weighted by Crippen LogP contribution is 2.39. The van der Waals surface area contributed by atoms with E-state index in [1.165, 1.54) is 12.8 Å². The minimum Gasteiger partial charge on any atom is -0.384 e. The summed E-state index contributed by atoms with van der Waals surface area (Å²) in [6, 6.07) is 1.85. The Morgan fingerprint density at radius 3 is 2.33 bits per heavy atom. The molecule has 1 saturated carbocycles. The lowest BCUT2D eigenvalue weighted by Crippen LogP contribution is -2.36. The summed E-state index contributed by atoms with van der Waals surface area (Å²) in [5.41, 5.74) is 6.00. The Hall–Kier alpha value is -1.32. The Morgan fingerprint density at radius 1 is 1.22 bits per heavy atom. The molecule has 2 rings (SSSR count). The molecule has 1 fully saturated rings. The molecule has 0 bridgehead atoms. The zero-order chi connectivity index (χ0) is 13.2. The zero-order valence-corrected chi connectivity index (χ0v) is 11.7. The summed E-state index contributed by atoms with van der Waals surface area (Å²) in [4.78, 5) is 8.95. The Labute approximate surface area is 109 Å². The van der Waals surface area contributed by atoms with Gasteiger partial charge in [0.2, 0.25) is 0 Å². The monoisotopic (exact) mass is 248 g/mol. The minimum absolute atomic E-state index is 0.127. The number of nitrogens with two attached hydrogens (primary N) is 1. The molecule has 100 valence electrons. The van der Waals surface area contributed by atoms with E-state index in [9.17, 15) is 0 Å². The van der Waals surface area contributed by atoms with Crippen molar-refractivity contribution in [2.24, 2.45) is 0 Å². The fourth-order valence-corrected chi connectivity index (χ4v) is 2.36. The normalized spacial score (nSPS) is 15.7. The van der Waals surface area contributed by atoms with Crippen LogP contribution in [0, 0.1) is 0 Å². The first-order valence-corrected chi connectivity index (χ1v) is 7.05. The molecule has 1 aliphatic carbocycles. The molecule has 0 atom stereocenters. The van der Waals surface area contributed by atoms with Crippen LogP contribution in [0.3, 0.4) is 0 Å². The van der Waals surface area contributed by atoms with Gasteiger partial charge in [-0.25, -0.2) is 9.97 Å². The molecule has 4 heteroatoms. The van der Waals surface area contributed by atoms with Gasteiger partial charge in [0.25, 0.3) is 0 Å². The molecule has 0 saturated heterocycles. The lowest BCUT2D eigenvalue weighted by Gasteiger charge is -2.32. The molecule has 1 heterocycles. The predicted molar refractivity (Wildman–Crippen MR) is 75.6 cm³/mol. The van der Waals surface area contributed by atoms with E-state index in [1.54, 1.807) is 0 Å². The maximum Gasteiger partial charge on any atom is 0.136 e. The maximum absolute atomic E-state index is 5.88. The molecule has 0 aromatic carbocycles. The molecule has 3 N–H and O–H groups in total. The number of hydrogen-bond acceptors (Lipinski definition) is 4. The molecule has 1 aromatic heterocycles. The molecule has 0 aliphatic heterocycles. The third-order valence-corrected chi connectivity index (χ3v) is 4.13. The first-order chi connectivity index (χ1) is 8.62. The van der Waals surface area contributed by atoms with Crippen molar-refractivity contribution in [1.82, 2.24) is 9.97 Å². The van der Waals surface area contributed by atoms with Gasteiger partial charge in [-0.15, -0.1) is 0 Å². The quantitative estimate of drug-likeness (QED) is 0.810. The molecule has 0 radical (unpaired) electrons. The van der Waals surface area contributed by atoms with E-state index in [1.807, 2.05) is 6.07 Å². The van der Waals surface area contributed by atoms with Crippen LogP contribution < -0.4 is 11.1 Å². The van der Waals surface area contributed by atoms with Crippen LogP contribution in [0.25, 0.3) is 0 Å². The van der Waals surface area contributed by atoms with Gasteiger partial charge in [-0.2, -0.15) is 0 Å². The Morgan fingerprint density at radius 2 is 1.83 bits per heavy atom. The van der Waals surface area contributed by atoms with Gasteiger partial charge in [0, 0.05) is 17.5 Å². The SMILES string of the molecule is CCC(CC)(CC)Nc1cc(N)nc(C2CC2)n1. The van der Waals surface area contributed by atoms with E-state index < -0.39 is 0 Å². The first kappa shape index (κ1) is 13.1. The van der Waals surface area contributed by atoms with Crippen molar-refractivity contribution in [2.75, 3.05) is 11.1 Å². The third-order valence-electron chi connectivity index (χ3n) is 4.13. The summed E-state index contributed by atoms with van der Waals surface area (Å²) < 4.78 is 0. The molecule has 1 aromatic rings. The number of nitrogens with one attached hydrogen (secondary N) is 1. The summed E-state index contributed by atoms with van der Waals surface area (Å²) in [6.07, 6.45) is 5.65. The van der Waals surface area contributed by atoms with Gasteiger partial charge in [-0.05, 0) is 32.1 Å². The van der Waals surface area contributed by atoms with Crippen LogP contribution in [0.2, 0.25) is 0 Å². The van der Waals surface area contributed by atoms with Gasteiger partial charge in [-0.3, -0.25) is 0 Å². The third kappa shape index (κ3) is 2.74. The summed E-state index contributed by atoms with van der Waals surface area (Å²) >= 11 is 0. The van der Waals surface area contributed by atoms with E-state index in [0.29, 0.717) is 11.7 Å². The lowest BCUT2D eigenvalue weighted by molar-refractivity contribution is 0.419. The van der Waals surface area contributed by atoms with Crippen molar-refractivity contribution in [3.8, 4) is 0 Å². The second kappa shape index (κ2) is 5.12. The Bertz CT molecular complexity index is 400. The smallest absolute Gasteiger partial charge is 0.136 e. The number of hydrogen-bond donors (Lipinski definition) is 2. The number of aromatic nitrogens is 2. The van der Waals surface area contributed by atoms with Gasteiger partial charge < -0.3 is 11.1 Å². The molecule has 0 unspecified atom stereocenters. The molecule has 0 amide bonds. The van der Waals surface area contributed by atoms with E-state index in [0.717, 1.165) is 30.9 Å². The summed E-state index contributed by atoms with van der Waals surface area (Å²) in [7, 11) is 0. The lowest BCUT2D eigenvalue weighted by atomic mass is 9.90. The van der Waals surface area contributed by atoms with Crippen molar-refractivity contribution in [3.05, 3.63) is 11.9 Å². The average Bonchev–Trinajstić information content (AvgIpc) is 3.20. The zero-order valence-electron chi connectivity index (χ0n) is 11.7. The highest BCUT2D eigenvalue weighted by molar-refractivity contribution is 5.47. The van der Waals surface area contributed by atoms with Crippen LogP contribution in [0.15, 0.2) is 6.07 Å². The van der Waals surface area contributed by atoms with Crippen molar-refractivity contribution in [1.29, 1.82) is 0 Å². The van der Waals surface area contributed by atoms with Crippen LogP contribution in [0.4, 0.5) is 11.6 Å². The molecule has 0 spiro atoms. The number of rotatable bonds is 6. The Balaban J connectivity index is 2.21. The predicted octanol–water partition coefficient (Wildman–Crippen LogP) is 3.32. The van der Waals surface area contributed by atoms with Gasteiger partial charge >= 0.3 is 0 Å². The van der Waals surface area contributed by atoms with Gasteiger partial charge in [0.1, 0.15) is 17.5 Å². The highest BCUT2D eigenvalue weighted by atomic mass is 15.1. The number of nitrogens with zero attached hydrogens (tertiary/aromatic N) is 2. The topological polar surface area (TPSA) is 63.8 Å². The van der Waals surface area contributed by atoms with Crippen molar-refractivity contribution in [3.63, 3.8) is 0 Å². The molecular formula is C14H24N4. The van der Waals surface area contributed by atoms with Crippen LogP contribution in [0.5, 0.6) is 0 Å². The fraction of sp³-hybridized carbons (Fsp3) is 0.714. The summed E-state index contributed by atoms with van der Waals surface area (Å²) in [6.45, 7) is 6.64. The molecule has 18 heavy (non-hydrogen) atoms. The number of nitrogen functional groups attached to an aromatic ring is 1. The minimum atomic E-state index is 0.127. The molecule has 4 nitrogen and oxygen atoms in total. The van der Waals surface area contributed by atoms with E-state index in [-0.39, 0.29) is 5.54 Å². The van der Waals surface area contributed by atoms with Crippen molar-refractivity contribution in [2.45, 2.75) is 64.3 Å². The summed E-state index contributed by atoms with van der Waals surface area (Å²) in [5, 5.41) is 3.57. The average molecular weight is 248 g/mol. The molecular weight excluding hydrogens is 224 g/mol. The summed E-state index contributed by atoms with van der Waals surface area (Å²) in [5.74, 6) is 2.91. The van der Waals surface area contributed by atoms with Crippen LogP contribution in [0.1, 0.15) is 64.6 Å². The highest BCUT2D eigenvalue weighted by Gasteiger charge is 2.29. The van der Waals surface area contributed by atoms with E-state index in [2.05, 4.69) is 36.1 Å². The van der Waals surface area contributed by atoms with E-state index >= 15 is 0 Å². The van der Waals surface area contributed by atoms with Gasteiger partial charge in [0.05, 0.1) is 0 Å². The van der Waals surface area contributed by atoms with Gasteiger partial charge in [0.15, 0.2) is 0 Å². The number of anilines is 2. The fourth-order valence-electron chi connectivity index (χ4n) is 2.36. The standard InChI is InChI=1S/C14H24N4/c1-4-14(5-2,6-3)18-12-9-11(15)16-13(17-12)10-7-8-10/h9-10H,4-8H2,1-3H3,(H3,15,16,17,18). The van der Waals surface area contributed by atoms with Crippen molar-refractivity contribution < 1.29 is 0 Å². The van der Waals surface area contributed by atoms with Gasteiger partial charge in [-0.1, -0.05) is 20.8 Å². The Kier molecular flexibility index (Phi) is 3.73.